The third kappa shape index (κ3) is 4.73. The smallest absolute Gasteiger partial charge is 0.272 e. The summed E-state index contributed by atoms with van der Waals surface area (Å²) in [5.41, 5.74) is 2.05. The van der Waals surface area contributed by atoms with Gasteiger partial charge >= 0.3 is 0 Å². The van der Waals surface area contributed by atoms with Crippen LogP contribution in [0.4, 0.5) is 5.69 Å². The molecule has 0 fully saturated rings. The van der Waals surface area contributed by atoms with Crippen molar-refractivity contribution in [2.75, 3.05) is 24.5 Å². The monoisotopic (exact) mass is 495 g/mol. The van der Waals surface area contributed by atoms with Crippen molar-refractivity contribution in [2.24, 2.45) is 0 Å². The van der Waals surface area contributed by atoms with Crippen LogP contribution in [0, 0.1) is 0 Å². The van der Waals surface area contributed by atoms with Crippen LogP contribution in [0.3, 0.4) is 0 Å². The van der Waals surface area contributed by atoms with Gasteiger partial charge in [-0.25, -0.2) is 4.98 Å². The molecule has 0 atom stereocenters. The Hall–Kier alpha value is -3.50. The lowest BCUT2D eigenvalue weighted by Gasteiger charge is -2.13. The van der Waals surface area contributed by atoms with Crippen LogP contribution >= 0.6 is 23.1 Å². The normalized spacial score (nSPS) is 12.1. The van der Waals surface area contributed by atoms with Crippen LogP contribution < -0.4 is 25.1 Å². The highest BCUT2D eigenvalue weighted by Gasteiger charge is 2.17. The van der Waals surface area contributed by atoms with Gasteiger partial charge in [0.15, 0.2) is 16.7 Å². The second kappa shape index (κ2) is 9.78. The number of thioether (sulfide) groups is 1. The molecule has 2 aromatic heterocycles. The molecule has 8 nitrogen and oxygen atoms in total. The van der Waals surface area contributed by atoms with Gasteiger partial charge in [-0.15, -0.1) is 11.3 Å². The molecule has 0 unspecified atom stereocenters. The third-order valence-electron chi connectivity index (χ3n) is 5.09. The van der Waals surface area contributed by atoms with Crippen LogP contribution in [0.1, 0.15) is 12.5 Å². The van der Waals surface area contributed by atoms with E-state index in [2.05, 4.69) is 10.3 Å². The highest BCUT2D eigenvalue weighted by molar-refractivity contribution is 7.99. The maximum atomic E-state index is 13.2. The van der Waals surface area contributed by atoms with Gasteiger partial charge in [0.2, 0.25) is 12.7 Å². The summed E-state index contributed by atoms with van der Waals surface area (Å²) in [5.74, 6) is 2.00. The van der Waals surface area contributed by atoms with Gasteiger partial charge in [0, 0.05) is 5.69 Å². The molecule has 1 N–H and O–H groups in total. The van der Waals surface area contributed by atoms with E-state index in [9.17, 15) is 9.59 Å². The fraction of sp³-hybridized carbons (Fsp3) is 0.208. The van der Waals surface area contributed by atoms with Gasteiger partial charge < -0.3 is 19.5 Å². The lowest BCUT2D eigenvalue weighted by molar-refractivity contribution is -0.113. The molecule has 34 heavy (non-hydrogen) atoms. The Morgan fingerprint density at radius 3 is 2.82 bits per heavy atom. The number of carbonyl (C=O) groups is 1. The number of anilines is 1. The number of rotatable bonds is 8. The minimum Gasteiger partial charge on any atom is -0.494 e. The molecule has 174 valence electrons. The number of benzene rings is 2. The average Bonchev–Trinajstić information content (AvgIpc) is 3.50. The zero-order chi connectivity index (χ0) is 23.5. The van der Waals surface area contributed by atoms with Crippen LogP contribution in [-0.4, -0.2) is 34.6 Å². The molecule has 0 spiro atoms. The maximum Gasteiger partial charge on any atom is 0.272 e. The Kier molecular flexibility index (Phi) is 6.41. The number of fused-ring (bicyclic) bond motifs is 2. The largest absolute Gasteiger partial charge is 0.494 e. The number of thiophene rings is 1. The van der Waals surface area contributed by atoms with Crippen LogP contribution in [0.15, 0.2) is 63.9 Å². The van der Waals surface area contributed by atoms with Gasteiger partial charge in [0.1, 0.15) is 10.4 Å². The van der Waals surface area contributed by atoms with Gasteiger partial charge in [-0.2, -0.15) is 0 Å². The molecule has 10 heteroatoms. The number of carbonyl (C=O) groups excluding carboxylic acids is 1. The van der Waals surface area contributed by atoms with Crippen molar-refractivity contribution in [3.05, 3.63) is 69.8 Å². The van der Waals surface area contributed by atoms with Gasteiger partial charge in [-0.3, -0.25) is 14.2 Å². The molecule has 0 saturated heterocycles. The molecule has 4 aromatic rings. The fourth-order valence-electron chi connectivity index (χ4n) is 3.52. The Bertz CT molecular complexity index is 1400. The second-order valence-corrected chi connectivity index (χ2v) is 9.26. The molecule has 1 aliphatic rings. The van der Waals surface area contributed by atoms with E-state index in [1.54, 1.807) is 28.8 Å². The Morgan fingerprint density at radius 2 is 2.00 bits per heavy atom. The van der Waals surface area contributed by atoms with Crippen molar-refractivity contribution < 1.29 is 19.0 Å². The number of nitrogens with one attached hydrogen (secondary N) is 1. The lowest BCUT2D eigenvalue weighted by atomic mass is 10.2. The molecule has 0 radical (unpaired) electrons. The van der Waals surface area contributed by atoms with Crippen molar-refractivity contribution >= 4 is 44.9 Å². The van der Waals surface area contributed by atoms with E-state index in [1.807, 2.05) is 36.6 Å². The first-order chi connectivity index (χ1) is 16.6. The van der Waals surface area contributed by atoms with Crippen LogP contribution in [0.25, 0.3) is 10.2 Å². The molecule has 2 aromatic carbocycles. The predicted molar refractivity (Wildman–Crippen MR) is 133 cm³/mol. The SMILES string of the molecule is CCOc1ccc(NC(=O)CSc2nc3ccsc3c(=O)n2Cc2ccc3c(c2)OCO3)cc1. The van der Waals surface area contributed by atoms with E-state index in [4.69, 9.17) is 14.2 Å². The van der Waals surface area contributed by atoms with E-state index in [0.29, 0.717) is 45.7 Å². The number of aromatic nitrogens is 2. The second-order valence-electron chi connectivity index (χ2n) is 7.40. The summed E-state index contributed by atoms with van der Waals surface area (Å²) < 4.78 is 18.5. The minimum absolute atomic E-state index is 0.108. The molecular formula is C24H21N3O5S2. The maximum absolute atomic E-state index is 13.2. The summed E-state index contributed by atoms with van der Waals surface area (Å²) in [7, 11) is 0. The molecule has 0 aliphatic carbocycles. The molecule has 0 bridgehead atoms. The van der Waals surface area contributed by atoms with Gasteiger partial charge in [0.25, 0.3) is 5.56 Å². The van der Waals surface area contributed by atoms with Crippen molar-refractivity contribution in [2.45, 2.75) is 18.6 Å². The summed E-state index contributed by atoms with van der Waals surface area (Å²) >= 11 is 2.59. The molecule has 5 rings (SSSR count). The first-order valence-corrected chi connectivity index (χ1v) is 12.5. The van der Waals surface area contributed by atoms with E-state index < -0.39 is 0 Å². The minimum atomic E-state index is -0.191. The number of hydrogen-bond donors (Lipinski definition) is 1. The number of nitrogens with zero attached hydrogens (tertiary/aromatic N) is 2. The Morgan fingerprint density at radius 1 is 1.18 bits per heavy atom. The Labute approximate surface area is 203 Å². The van der Waals surface area contributed by atoms with Crippen LogP contribution in [0.5, 0.6) is 17.2 Å². The molecule has 1 amide bonds. The number of ether oxygens (including phenoxy) is 3. The van der Waals surface area contributed by atoms with Crippen LogP contribution in [0.2, 0.25) is 0 Å². The fourth-order valence-corrected chi connectivity index (χ4v) is 5.10. The molecule has 1 aliphatic heterocycles. The first-order valence-electron chi connectivity index (χ1n) is 10.6. The van der Waals surface area contributed by atoms with Crippen molar-refractivity contribution in [1.29, 1.82) is 0 Å². The van der Waals surface area contributed by atoms with Gasteiger partial charge in [-0.05, 0) is 60.3 Å². The number of hydrogen-bond acceptors (Lipinski definition) is 8. The van der Waals surface area contributed by atoms with Crippen molar-refractivity contribution in [1.82, 2.24) is 9.55 Å². The highest BCUT2D eigenvalue weighted by Crippen LogP contribution is 2.33. The summed E-state index contributed by atoms with van der Waals surface area (Å²) in [6.45, 7) is 2.99. The summed E-state index contributed by atoms with van der Waals surface area (Å²) in [6.07, 6.45) is 0. The lowest BCUT2D eigenvalue weighted by Crippen LogP contribution is -2.24. The van der Waals surface area contributed by atoms with E-state index in [-0.39, 0.29) is 24.0 Å². The zero-order valence-corrected chi connectivity index (χ0v) is 19.9. The van der Waals surface area contributed by atoms with Crippen molar-refractivity contribution in [3.63, 3.8) is 0 Å². The van der Waals surface area contributed by atoms with E-state index in [1.165, 1.54) is 23.1 Å². The predicted octanol–water partition coefficient (Wildman–Crippen LogP) is 4.36. The van der Waals surface area contributed by atoms with Crippen molar-refractivity contribution in [3.8, 4) is 17.2 Å². The average molecular weight is 496 g/mol. The molecule has 3 heterocycles. The van der Waals surface area contributed by atoms with E-state index in [0.717, 1.165) is 11.3 Å². The summed E-state index contributed by atoms with van der Waals surface area (Å²) in [6, 6.07) is 14.6. The quantitative estimate of drug-likeness (QED) is 0.287. The summed E-state index contributed by atoms with van der Waals surface area (Å²) in [4.78, 5) is 30.5. The summed E-state index contributed by atoms with van der Waals surface area (Å²) in [5, 5.41) is 5.19. The highest BCUT2D eigenvalue weighted by atomic mass is 32.2. The Balaban J connectivity index is 1.35. The molecule has 0 saturated carbocycles. The van der Waals surface area contributed by atoms with E-state index >= 15 is 0 Å². The van der Waals surface area contributed by atoms with Gasteiger partial charge in [0.05, 0.1) is 24.4 Å². The van der Waals surface area contributed by atoms with Crippen LogP contribution in [-0.2, 0) is 11.3 Å². The molecular weight excluding hydrogens is 474 g/mol. The van der Waals surface area contributed by atoms with Gasteiger partial charge in [-0.1, -0.05) is 17.8 Å². The standard InChI is InChI=1S/C24H21N3O5S2/c1-2-30-17-6-4-16(5-7-17)25-21(28)13-34-24-26-18-9-10-33-22(18)23(29)27(24)12-15-3-8-19-20(11-15)32-14-31-19/h3-11H,2,12-14H2,1H3,(H,25,28). The third-order valence-corrected chi connectivity index (χ3v) is 6.96. The topological polar surface area (TPSA) is 91.7 Å². The zero-order valence-electron chi connectivity index (χ0n) is 18.3. The number of amides is 1. The first kappa shape index (κ1) is 22.3.